The van der Waals surface area contributed by atoms with Crippen molar-refractivity contribution >= 4 is 23.4 Å². The van der Waals surface area contributed by atoms with E-state index >= 15 is 0 Å². The van der Waals surface area contributed by atoms with Crippen molar-refractivity contribution in [3.05, 3.63) is 24.0 Å². The van der Waals surface area contributed by atoms with Gasteiger partial charge in [0.15, 0.2) is 0 Å². The third kappa shape index (κ3) is 2.66. The first kappa shape index (κ1) is 11.3. The minimum atomic E-state index is -0.911. The Labute approximate surface area is 98.5 Å². The van der Waals surface area contributed by atoms with Crippen LogP contribution in [0.5, 0.6) is 0 Å². The first-order valence-corrected chi connectivity index (χ1v) is 6.42. The molecule has 1 aromatic rings. The number of hydrogen-bond donors (Lipinski definition) is 2. The molecule has 5 heteroatoms. The van der Waals surface area contributed by atoms with Crippen LogP contribution in [0.1, 0.15) is 16.8 Å². The molecule has 1 saturated heterocycles. The SMILES string of the molecule is O=C(O)c1ccncc1NCC1CCSC1. The van der Waals surface area contributed by atoms with Crippen LogP contribution in [-0.2, 0) is 0 Å². The summed E-state index contributed by atoms with van der Waals surface area (Å²) in [4.78, 5) is 14.9. The van der Waals surface area contributed by atoms with Gasteiger partial charge in [0.1, 0.15) is 0 Å². The van der Waals surface area contributed by atoms with Crippen molar-refractivity contribution in [2.45, 2.75) is 6.42 Å². The maximum Gasteiger partial charge on any atom is 0.337 e. The number of aromatic carboxylic acids is 1. The molecule has 0 amide bonds. The van der Waals surface area contributed by atoms with Gasteiger partial charge in [-0.05, 0) is 29.9 Å². The Bertz CT molecular complexity index is 378. The molecule has 0 aliphatic carbocycles. The van der Waals surface area contributed by atoms with E-state index in [1.807, 2.05) is 11.8 Å². The summed E-state index contributed by atoms with van der Waals surface area (Å²) in [5.74, 6) is 2.11. The van der Waals surface area contributed by atoms with Gasteiger partial charge in [0.25, 0.3) is 0 Å². The Morgan fingerprint density at radius 1 is 1.69 bits per heavy atom. The van der Waals surface area contributed by atoms with Crippen molar-refractivity contribution in [2.75, 3.05) is 23.4 Å². The minimum Gasteiger partial charge on any atom is -0.478 e. The van der Waals surface area contributed by atoms with E-state index in [1.54, 1.807) is 6.20 Å². The summed E-state index contributed by atoms with van der Waals surface area (Å²) in [6, 6.07) is 1.52. The standard InChI is InChI=1S/C11H14N2O2S/c14-11(15)9-1-3-12-6-10(9)13-5-8-2-4-16-7-8/h1,3,6,8,13H,2,4-5,7H2,(H,14,15). The molecule has 1 aliphatic heterocycles. The molecular weight excluding hydrogens is 224 g/mol. The Morgan fingerprint density at radius 3 is 3.25 bits per heavy atom. The fourth-order valence-corrected chi connectivity index (χ4v) is 3.00. The zero-order valence-corrected chi connectivity index (χ0v) is 9.67. The Morgan fingerprint density at radius 2 is 2.56 bits per heavy atom. The molecule has 1 atom stereocenters. The van der Waals surface area contributed by atoms with Gasteiger partial charge in [0.05, 0.1) is 17.4 Å². The number of thioether (sulfide) groups is 1. The van der Waals surface area contributed by atoms with Gasteiger partial charge in [-0.2, -0.15) is 11.8 Å². The third-order valence-corrected chi connectivity index (χ3v) is 3.89. The number of nitrogens with one attached hydrogen (secondary N) is 1. The highest BCUT2D eigenvalue weighted by molar-refractivity contribution is 7.99. The normalized spacial score (nSPS) is 19.6. The lowest BCUT2D eigenvalue weighted by Crippen LogP contribution is -2.15. The van der Waals surface area contributed by atoms with Gasteiger partial charge in [0.2, 0.25) is 0 Å². The van der Waals surface area contributed by atoms with E-state index in [4.69, 9.17) is 5.11 Å². The van der Waals surface area contributed by atoms with Crippen molar-refractivity contribution in [1.29, 1.82) is 0 Å². The first-order chi connectivity index (χ1) is 7.77. The van der Waals surface area contributed by atoms with Crippen LogP contribution in [0.2, 0.25) is 0 Å². The van der Waals surface area contributed by atoms with Gasteiger partial charge < -0.3 is 10.4 Å². The van der Waals surface area contributed by atoms with Crippen molar-refractivity contribution in [1.82, 2.24) is 4.98 Å². The molecule has 2 heterocycles. The molecule has 0 bridgehead atoms. The molecule has 1 unspecified atom stereocenters. The molecule has 1 aromatic heterocycles. The van der Waals surface area contributed by atoms with Crippen molar-refractivity contribution in [2.24, 2.45) is 5.92 Å². The lowest BCUT2D eigenvalue weighted by Gasteiger charge is -2.12. The monoisotopic (exact) mass is 238 g/mol. The summed E-state index contributed by atoms with van der Waals surface area (Å²) in [5.41, 5.74) is 0.910. The van der Waals surface area contributed by atoms with E-state index in [2.05, 4.69) is 10.3 Å². The molecule has 2 rings (SSSR count). The summed E-state index contributed by atoms with van der Waals surface area (Å²) in [6.07, 6.45) is 4.28. The average molecular weight is 238 g/mol. The summed E-state index contributed by atoms with van der Waals surface area (Å²) in [7, 11) is 0. The third-order valence-electron chi connectivity index (χ3n) is 2.66. The summed E-state index contributed by atoms with van der Waals surface area (Å²) >= 11 is 1.96. The molecule has 1 aliphatic rings. The summed E-state index contributed by atoms with van der Waals surface area (Å²) < 4.78 is 0. The highest BCUT2D eigenvalue weighted by atomic mass is 32.2. The number of anilines is 1. The van der Waals surface area contributed by atoms with Crippen molar-refractivity contribution in [3.8, 4) is 0 Å². The zero-order chi connectivity index (χ0) is 11.4. The van der Waals surface area contributed by atoms with E-state index in [-0.39, 0.29) is 0 Å². The Hall–Kier alpha value is -1.23. The van der Waals surface area contributed by atoms with E-state index in [9.17, 15) is 4.79 Å². The van der Waals surface area contributed by atoms with E-state index in [0.717, 1.165) is 12.3 Å². The van der Waals surface area contributed by atoms with Crippen LogP contribution >= 0.6 is 11.8 Å². The van der Waals surface area contributed by atoms with Crippen LogP contribution in [0.15, 0.2) is 18.5 Å². The number of pyridine rings is 1. The van der Waals surface area contributed by atoms with Crippen LogP contribution < -0.4 is 5.32 Å². The second kappa shape index (κ2) is 5.21. The highest BCUT2D eigenvalue weighted by Gasteiger charge is 2.16. The zero-order valence-electron chi connectivity index (χ0n) is 8.85. The predicted octanol–water partition coefficient (Wildman–Crippen LogP) is 1.94. The van der Waals surface area contributed by atoms with Gasteiger partial charge in [-0.3, -0.25) is 4.98 Å². The average Bonchev–Trinajstić information content (AvgIpc) is 2.79. The van der Waals surface area contributed by atoms with Crippen LogP contribution in [0.4, 0.5) is 5.69 Å². The summed E-state index contributed by atoms with van der Waals surface area (Å²) in [5, 5.41) is 12.2. The maximum atomic E-state index is 10.9. The number of carboxylic acid groups (broad SMARTS) is 1. The molecule has 0 spiro atoms. The molecule has 0 radical (unpaired) electrons. The van der Waals surface area contributed by atoms with Gasteiger partial charge >= 0.3 is 5.97 Å². The molecule has 2 N–H and O–H groups in total. The lowest BCUT2D eigenvalue weighted by atomic mass is 10.1. The smallest absolute Gasteiger partial charge is 0.337 e. The number of carbonyl (C=O) groups is 1. The molecule has 1 fully saturated rings. The van der Waals surface area contributed by atoms with Crippen molar-refractivity contribution in [3.63, 3.8) is 0 Å². The molecule has 0 saturated carbocycles. The molecule has 0 aromatic carbocycles. The fourth-order valence-electron chi connectivity index (χ4n) is 1.72. The molecule has 86 valence electrons. The predicted molar refractivity (Wildman–Crippen MR) is 65.1 cm³/mol. The van der Waals surface area contributed by atoms with Crippen LogP contribution in [0.3, 0.4) is 0 Å². The lowest BCUT2D eigenvalue weighted by molar-refractivity contribution is 0.0698. The largest absolute Gasteiger partial charge is 0.478 e. The first-order valence-electron chi connectivity index (χ1n) is 5.26. The number of aromatic nitrogens is 1. The molecule has 16 heavy (non-hydrogen) atoms. The Balaban J connectivity index is 2.00. The van der Waals surface area contributed by atoms with Crippen LogP contribution in [0.25, 0.3) is 0 Å². The fraction of sp³-hybridized carbons (Fsp3) is 0.455. The second-order valence-corrected chi connectivity index (χ2v) is 4.99. The van der Waals surface area contributed by atoms with Gasteiger partial charge in [0, 0.05) is 12.7 Å². The number of rotatable bonds is 4. The quantitative estimate of drug-likeness (QED) is 0.839. The van der Waals surface area contributed by atoms with Crippen LogP contribution in [-0.4, -0.2) is 34.1 Å². The highest BCUT2D eigenvalue weighted by Crippen LogP contribution is 2.24. The van der Waals surface area contributed by atoms with Gasteiger partial charge in [-0.15, -0.1) is 0 Å². The second-order valence-electron chi connectivity index (χ2n) is 3.84. The van der Waals surface area contributed by atoms with E-state index in [0.29, 0.717) is 17.2 Å². The molecule has 4 nitrogen and oxygen atoms in total. The topological polar surface area (TPSA) is 62.2 Å². The van der Waals surface area contributed by atoms with Crippen molar-refractivity contribution < 1.29 is 9.90 Å². The summed E-state index contributed by atoms with van der Waals surface area (Å²) in [6.45, 7) is 0.832. The van der Waals surface area contributed by atoms with E-state index in [1.165, 1.54) is 24.4 Å². The number of hydrogen-bond acceptors (Lipinski definition) is 4. The van der Waals surface area contributed by atoms with Gasteiger partial charge in [-0.25, -0.2) is 4.79 Å². The molecular formula is C11H14N2O2S. The Kier molecular flexibility index (Phi) is 3.66. The minimum absolute atomic E-state index is 0.292. The van der Waals surface area contributed by atoms with Gasteiger partial charge in [-0.1, -0.05) is 0 Å². The van der Waals surface area contributed by atoms with Crippen LogP contribution in [0, 0.1) is 5.92 Å². The van der Waals surface area contributed by atoms with E-state index < -0.39 is 5.97 Å². The number of carboxylic acids is 1. The maximum absolute atomic E-state index is 10.9. The number of nitrogens with zero attached hydrogens (tertiary/aromatic N) is 1.